The monoisotopic (exact) mass is 422 g/mol. The van der Waals surface area contributed by atoms with Crippen LogP contribution >= 0.6 is 0 Å². The molecule has 0 nitrogen and oxygen atoms in total. The van der Waals surface area contributed by atoms with Gasteiger partial charge in [-0.1, -0.05) is 66.2 Å². The zero-order valence-electron chi connectivity index (χ0n) is 12.9. The molecule has 0 bridgehead atoms. The van der Waals surface area contributed by atoms with Crippen molar-refractivity contribution in [2.75, 3.05) is 0 Å². The molecule has 0 aromatic carbocycles. The van der Waals surface area contributed by atoms with Crippen molar-refractivity contribution in [2.24, 2.45) is 0 Å². The van der Waals surface area contributed by atoms with Gasteiger partial charge in [0.15, 0.2) is 0 Å². The van der Waals surface area contributed by atoms with Gasteiger partial charge in [0.2, 0.25) is 0 Å². The first-order valence-corrected chi connectivity index (χ1v) is 7.22. The molecule has 0 aromatic rings. The van der Waals surface area contributed by atoms with Gasteiger partial charge in [0.1, 0.15) is 0 Å². The fourth-order valence-electron chi connectivity index (χ4n) is 2.35. The van der Waals surface area contributed by atoms with Crippen molar-refractivity contribution in [3.05, 3.63) is 46.6 Å². The maximum atomic E-state index is 3.21. The fourth-order valence-corrected chi connectivity index (χ4v) is 2.35. The van der Waals surface area contributed by atoms with Crippen molar-refractivity contribution >= 4 is 0 Å². The molecule has 0 saturated carbocycles. The molecule has 0 saturated heterocycles. The van der Waals surface area contributed by atoms with Crippen LogP contribution in [-0.2, 0) is 25.8 Å². The summed E-state index contributed by atoms with van der Waals surface area (Å²) in [6.45, 7) is 8.74. The van der Waals surface area contributed by atoms with Gasteiger partial charge in [-0.15, -0.1) is 0 Å². The van der Waals surface area contributed by atoms with Gasteiger partial charge in [0, 0.05) is 25.8 Å². The van der Waals surface area contributed by atoms with Crippen LogP contribution in [0.2, 0.25) is 0 Å². The molecular formula is C18H26Hf-2. The second kappa shape index (κ2) is 10.6. The summed E-state index contributed by atoms with van der Waals surface area (Å²) in [5.74, 6) is 0. The van der Waals surface area contributed by atoms with Crippen LogP contribution in [0.15, 0.2) is 34.4 Å². The second-order valence-corrected chi connectivity index (χ2v) is 5.06. The molecule has 104 valence electrons. The Bertz CT molecular complexity index is 342. The summed E-state index contributed by atoms with van der Waals surface area (Å²) in [5.41, 5.74) is 5.91. The van der Waals surface area contributed by atoms with Gasteiger partial charge in [-0.25, -0.2) is 22.3 Å². The third kappa shape index (κ3) is 6.70. The summed E-state index contributed by atoms with van der Waals surface area (Å²) in [5, 5.41) is 0. The zero-order valence-corrected chi connectivity index (χ0v) is 16.5. The summed E-state index contributed by atoms with van der Waals surface area (Å²) in [6, 6.07) is 0. The minimum atomic E-state index is 0. The van der Waals surface area contributed by atoms with Crippen LogP contribution < -0.4 is 0 Å². The van der Waals surface area contributed by atoms with Crippen molar-refractivity contribution in [1.82, 2.24) is 0 Å². The molecule has 0 heterocycles. The Hall–Kier alpha value is -0.170. The molecule has 2 aliphatic rings. The molecule has 19 heavy (non-hydrogen) atoms. The second-order valence-electron chi connectivity index (χ2n) is 5.06. The van der Waals surface area contributed by atoms with Gasteiger partial charge < -0.3 is 0 Å². The third-order valence-electron chi connectivity index (χ3n) is 3.50. The van der Waals surface area contributed by atoms with E-state index in [-0.39, 0.29) is 25.8 Å². The molecule has 0 spiro atoms. The molecule has 2 rings (SSSR count). The minimum Gasteiger partial charge on any atom is -0.253 e. The first-order chi connectivity index (χ1) is 8.69. The summed E-state index contributed by atoms with van der Waals surface area (Å²) in [6.07, 6.45) is 18.0. The molecule has 0 atom stereocenters. The first kappa shape index (κ1) is 18.8. The SMILES string of the molecule is CCCC1=C(C)[C-]=CC1.CCCC1=C(C)[C-]=CC1.[Hf]. The molecule has 0 unspecified atom stereocenters. The predicted molar refractivity (Wildman–Crippen MR) is 80.1 cm³/mol. The molecule has 0 aliphatic heterocycles. The van der Waals surface area contributed by atoms with Crippen molar-refractivity contribution in [3.63, 3.8) is 0 Å². The van der Waals surface area contributed by atoms with E-state index >= 15 is 0 Å². The van der Waals surface area contributed by atoms with Crippen molar-refractivity contribution in [3.8, 4) is 0 Å². The van der Waals surface area contributed by atoms with Gasteiger partial charge >= 0.3 is 0 Å². The van der Waals surface area contributed by atoms with Gasteiger partial charge in [-0.3, -0.25) is 12.2 Å². The predicted octanol–water partition coefficient (Wildman–Crippen LogP) is 5.73. The summed E-state index contributed by atoms with van der Waals surface area (Å²) in [4.78, 5) is 0. The van der Waals surface area contributed by atoms with Crippen LogP contribution in [0.4, 0.5) is 0 Å². The average molecular weight is 421 g/mol. The van der Waals surface area contributed by atoms with E-state index in [0.29, 0.717) is 0 Å². The van der Waals surface area contributed by atoms with Crippen molar-refractivity contribution < 1.29 is 25.8 Å². The quantitative estimate of drug-likeness (QED) is 0.402. The molecule has 0 aromatic heterocycles. The van der Waals surface area contributed by atoms with Gasteiger partial charge in [-0.05, 0) is 0 Å². The van der Waals surface area contributed by atoms with E-state index in [1.807, 2.05) is 0 Å². The standard InChI is InChI=1S/2C9H13.Hf/c2*1-3-5-9-7-4-6-8(9)2;/h2*4H,3,5,7H2,1-2H3;/q2*-1;. The van der Waals surface area contributed by atoms with E-state index in [1.54, 1.807) is 11.1 Å². The third-order valence-corrected chi connectivity index (χ3v) is 3.50. The Kier molecular flexibility index (Phi) is 10.5. The summed E-state index contributed by atoms with van der Waals surface area (Å²) in [7, 11) is 0. The van der Waals surface area contributed by atoms with E-state index in [1.165, 1.54) is 36.8 Å². The largest absolute Gasteiger partial charge is 0.253 e. The first-order valence-electron chi connectivity index (χ1n) is 7.22. The van der Waals surface area contributed by atoms with Crippen LogP contribution in [0, 0.1) is 12.2 Å². The number of hydrogen-bond donors (Lipinski definition) is 0. The number of allylic oxidation sites excluding steroid dienone is 8. The fraction of sp³-hybridized carbons (Fsp3) is 0.556. The Morgan fingerprint density at radius 3 is 1.42 bits per heavy atom. The van der Waals surface area contributed by atoms with Crippen LogP contribution in [0.25, 0.3) is 0 Å². The molecule has 2 aliphatic carbocycles. The average Bonchev–Trinajstić information content (AvgIpc) is 2.92. The Morgan fingerprint density at radius 1 is 0.842 bits per heavy atom. The molecule has 0 radical (unpaired) electrons. The minimum absolute atomic E-state index is 0. The smallest absolute Gasteiger partial charge is 0 e. The van der Waals surface area contributed by atoms with E-state index in [4.69, 9.17) is 0 Å². The maximum absolute atomic E-state index is 3.21. The van der Waals surface area contributed by atoms with E-state index in [2.05, 4.69) is 52.0 Å². The summed E-state index contributed by atoms with van der Waals surface area (Å²) >= 11 is 0. The Morgan fingerprint density at radius 2 is 1.21 bits per heavy atom. The molecule has 0 amide bonds. The van der Waals surface area contributed by atoms with Crippen LogP contribution in [0.3, 0.4) is 0 Å². The summed E-state index contributed by atoms with van der Waals surface area (Å²) < 4.78 is 0. The number of hydrogen-bond acceptors (Lipinski definition) is 0. The maximum Gasteiger partial charge on any atom is 0 e. The van der Waals surface area contributed by atoms with E-state index in [0.717, 1.165) is 12.8 Å². The Labute approximate surface area is 138 Å². The van der Waals surface area contributed by atoms with Crippen molar-refractivity contribution in [1.29, 1.82) is 0 Å². The topological polar surface area (TPSA) is 0 Å². The van der Waals surface area contributed by atoms with Crippen LogP contribution in [0.5, 0.6) is 0 Å². The molecule has 0 N–H and O–H groups in total. The van der Waals surface area contributed by atoms with Gasteiger partial charge in [0.25, 0.3) is 0 Å². The van der Waals surface area contributed by atoms with Crippen LogP contribution in [-0.4, -0.2) is 0 Å². The molecular weight excluding hydrogens is 395 g/mol. The molecule has 0 fully saturated rings. The van der Waals surface area contributed by atoms with Crippen molar-refractivity contribution in [2.45, 2.75) is 66.2 Å². The van der Waals surface area contributed by atoms with Gasteiger partial charge in [0.05, 0.1) is 0 Å². The normalized spacial score (nSPS) is 16.6. The zero-order chi connectivity index (χ0) is 13.4. The van der Waals surface area contributed by atoms with E-state index in [9.17, 15) is 0 Å². The van der Waals surface area contributed by atoms with Gasteiger partial charge in [-0.2, -0.15) is 12.2 Å². The van der Waals surface area contributed by atoms with E-state index < -0.39 is 0 Å². The van der Waals surface area contributed by atoms with Crippen LogP contribution in [0.1, 0.15) is 66.2 Å². The number of rotatable bonds is 4. The Balaban J connectivity index is 0.000000324. The molecule has 1 heteroatoms.